The molecule has 0 atom stereocenters. The lowest BCUT2D eigenvalue weighted by molar-refractivity contribution is 0.0727. The average Bonchev–Trinajstić information content (AvgIpc) is 3.27. The molecule has 4 rings (SSSR count). The topological polar surface area (TPSA) is 56.6 Å². The van der Waals surface area contributed by atoms with Crippen molar-refractivity contribution in [3.8, 4) is 11.5 Å². The second kappa shape index (κ2) is 7.56. The summed E-state index contributed by atoms with van der Waals surface area (Å²) in [5, 5.41) is 4.92. The molecule has 1 aromatic heterocycles. The Labute approximate surface area is 168 Å². The Kier molecular flexibility index (Phi) is 4.96. The highest BCUT2D eigenvalue weighted by Gasteiger charge is 2.21. The molecule has 0 bridgehead atoms. The second-order valence-electron chi connectivity index (χ2n) is 6.73. The minimum absolute atomic E-state index is 0.147. The molecule has 1 aliphatic rings. The van der Waals surface area contributed by atoms with Crippen LogP contribution in [-0.2, 0) is 20.1 Å². The number of benzene rings is 2. The number of hydrogen-bond acceptors (Lipinski definition) is 4. The largest absolute Gasteiger partial charge is 0.454 e. The number of aryl methyl sites for hydroxylation is 2. The lowest BCUT2D eigenvalue weighted by Crippen LogP contribution is -2.30. The van der Waals surface area contributed by atoms with Gasteiger partial charge >= 0.3 is 0 Å². The highest BCUT2D eigenvalue weighted by atomic mass is 35.5. The summed E-state index contributed by atoms with van der Waals surface area (Å²) in [5.74, 6) is 1.26. The maximum atomic E-state index is 13.3. The Morgan fingerprint density at radius 3 is 2.68 bits per heavy atom. The van der Waals surface area contributed by atoms with Gasteiger partial charge in [0.2, 0.25) is 6.79 Å². The van der Waals surface area contributed by atoms with Crippen LogP contribution in [0, 0.1) is 6.92 Å². The first-order chi connectivity index (χ1) is 13.5. The van der Waals surface area contributed by atoms with Gasteiger partial charge in [-0.15, -0.1) is 0 Å². The normalized spacial score (nSPS) is 12.2. The first-order valence-electron chi connectivity index (χ1n) is 8.93. The zero-order chi connectivity index (χ0) is 19.7. The molecular formula is C21H20ClN3O3. The molecule has 0 saturated carbocycles. The van der Waals surface area contributed by atoms with Crippen LogP contribution in [0.25, 0.3) is 0 Å². The van der Waals surface area contributed by atoms with Crippen molar-refractivity contribution >= 4 is 17.5 Å². The number of rotatable bonds is 5. The standard InChI is InChI=1S/C21H20ClN3O3/c1-14-9-16(23-24(14)2)12-25(21(26)17-5-3-4-6-18(17)22)11-15-7-8-19-20(10-15)28-13-27-19/h3-10H,11-13H2,1-2H3. The summed E-state index contributed by atoms with van der Waals surface area (Å²) in [4.78, 5) is 15.0. The van der Waals surface area contributed by atoms with Crippen molar-refractivity contribution in [1.29, 1.82) is 0 Å². The zero-order valence-electron chi connectivity index (χ0n) is 15.7. The van der Waals surface area contributed by atoms with Gasteiger partial charge in [-0.2, -0.15) is 5.10 Å². The summed E-state index contributed by atoms with van der Waals surface area (Å²) in [5.41, 5.74) is 3.26. The summed E-state index contributed by atoms with van der Waals surface area (Å²) >= 11 is 6.27. The van der Waals surface area contributed by atoms with Crippen LogP contribution in [0.1, 0.15) is 27.3 Å². The van der Waals surface area contributed by atoms with Crippen molar-refractivity contribution < 1.29 is 14.3 Å². The number of carbonyl (C=O) groups excluding carboxylic acids is 1. The number of halogens is 1. The Hall–Kier alpha value is -2.99. The van der Waals surface area contributed by atoms with E-state index in [1.165, 1.54) is 0 Å². The van der Waals surface area contributed by atoms with E-state index in [1.54, 1.807) is 21.7 Å². The average molecular weight is 398 g/mol. The molecule has 0 aliphatic carbocycles. The van der Waals surface area contributed by atoms with Crippen LogP contribution in [0.3, 0.4) is 0 Å². The van der Waals surface area contributed by atoms with Gasteiger partial charge < -0.3 is 14.4 Å². The van der Waals surface area contributed by atoms with E-state index in [0.29, 0.717) is 35.2 Å². The monoisotopic (exact) mass is 397 g/mol. The van der Waals surface area contributed by atoms with Gasteiger partial charge in [0.05, 0.1) is 22.8 Å². The molecule has 7 heteroatoms. The van der Waals surface area contributed by atoms with Gasteiger partial charge in [-0.3, -0.25) is 9.48 Å². The predicted octanol–water partition coefficient (Wildman–Crippen LogP) is 3.95. The van der Waals surface area contributed by atoms with Gasteiger partial charge in [-0.05, 0) is 42.8 Å². The number of carbonyl (C=O) groups is 1. The van der Waals surface area contributed by atoms with Crippen molar-refractivity contribution in [2.24, 2.45) is 7.05 Å². The molecule has 1 aliphatic heterocycles. The van der Waals surface area contributed by atoms with E-state index in [-0.39, 0.29) is 12.7 Å². The van der Waals surface area contributed by atoms with Crippen LogP contribution < -0.4 is 9.47 Å². The molecule has 0 N–H and O–H groups in total. The highest BCUT2D eigenvalue weighted by molar-refractivity contribution is 6.33. The molecule has 0 radical (unpaired) electrons. The third-order valence-corrected chi connectivity index (χ3v) is 5.05. The van der Waals surface area contributed by atoms with E-state index in [4.69, 9.17) is 21.1 Å². The number of ether oxygens (including phenoxy) is 2. The van der Waals surface area contributed by atoms with E-state index in [2.05, 4.69) is 5.10 Å². The Morgan fingerprint density at radius 2 is 1.93 bits per heavy atom. The molecule has 2 heterocycles. The zero-order valence-corrected chi connectivity index (χ0v) is 16.4. The first kappa shape index (κ1) is 18.4. The van der Waals surface area contributed by atoms with Crippen LogP contribution in [-0.4, -0.2) is 27.4 Å². The third-order valence-electron chi connectivity index (χ3n) is 4.72. The van der Waals surface area contributed by atoms with Gasteiger partial charge in [0.1, 0.15) is 0 Å². The molecule has 0 saturated heterocycles. The molecular weight excluding hydrogens is 378 g/mol. The Balaban J connectivity index is 1.64. The summed E-state index contributed by atoms with van der Waals surface area (Å²) in [6, 6.07) is 14.8. The number of aromatic nitrogens is 2. The predicted molar refractivity (Wildman–Crippen MR) is 106 cm³/mol. The smallest absolute Gasteiger partial charge is 0.256 e. The van der Waals surface area contributed by atoms with Crippen LogP contribution in [0.4, 0.5) is 0 Å². The lowest BCUT2D eigenvalue weighted by atomic mass is 10.1. The van der Waals surface area contributed by atoms with Gasteiger partial charge in [0.25, 0.3) is 5.91 Å². The minimum atomic E-state index is -0.147. The van der Waals surface area contributed by atoms with Crippen molar-refractivity contribution in [2.45, 2.75) is 20.0 Å². The summed E-state index contributed by atoms with van der Waals surface area (Å²) in [6.07, 6.45) is 0. The molecule has 2 aromatic carbocycles. The molecule has 1 amide bonds. The molecule has 144 valence electrons. The van der Waals surface area contributed by atoms with Crippen LogP contribution in [0.5, 0.6) is 11.5 Å². The number of fused-ring (bicyclic) bond motifs is 1. The van der Waals surface area contributed by atoms with Crippen molar-refractivity contribution in [1.82, 2.24) is 14.7 Å². The fourth-order valence-electron chi connectivity index (χ4n) is 3.17. The minimum Gasteiger partial charge on any atom is -0.454 e. The highest BCUT2D eigenvalue weighted by Crippen LogP contribution is 2.33. The fourth-order valence-corrected chi connectivity index (χ4v) is 3.39. The molecule has 0 fully saturated rings. The van der Waals surface area contributed by atoms with Crippen LogP contribution >= 0.6 is 11.6 Å². The molecule has 3 aromatic rings. The van der Waals surface area contributed by atoms with E-state index >= 15 is 0 Å². The van der Waals surface area contributed by atoms with Gasteiger partial charge in [-0.25, -0.2) is 0 Å². The Morgan fingerprint density at radius 1 is 1.14 bits per heavy atom. The number of nitrogens with zero attached hydrogens (tertiary/aromatic N) is 3. The second-order valence-corrected chi connectivity index (χ2v) is 7.14. The van der Waals surface area contributed by atoms with Crippen molar-refractivity contribution in [3.63, 3.8) is 0 Å². The lowest BCUT2D eigenvalue weighted by Gasteiger charge is -2.23. The van der Waals surface area contributed by atoms with E-state index < -0.39 is 0 Å². The third kappa shape index (κ3) is 3.68. The van der Waals surface area contributed by atoms with E-state index in [1.807, 2.05) is 50.4 Å². The van der Waals surface area contributed by atoms with Gasteiger partial charge in [0.15, 0.2) is 11.5 Å². The summed E-state index contributed by atoms with van der Waals surface area (Å²) < 4.78 is 12.6. The summed E-state index contributed by atoms with van der Waals surface area (Å²) in [6.45, 7) is 2.97. The molecule has 0 unspecified atom stereocenters. The van der Waals surface area contributed by atoms with E-state index in [9.17, 15) is 4.79 Å². The molecule has 6 nitrogen and oxygen atoms in total. The maximum Gasteiger partial charge on any atom is 0.256 e. The SMILES string of the molecule is Cc1cc(CN(Cc2ccc3c(c2)OCO3)C(=O)c2ccccc2Cl)nn1C. The maximum absolute atomic E-state index is 13.3. The van der Waals surface area contributed by atoms with Gasteiger partial charge in [0, 0.05) is 19.3 Å². The van der Waals surface area contributed by atoms with Gasteiger partial charge in [-0.1, -0.05) is 29.8 Å². The first-order valence-corrected chi connectivity index (χ1v) is 9.31. The van der Waals surface area contributed by atoms with Crippen molar-refractivity contribution in [3.05, 3.63) is 76.1 Å². The van der Waals surface area contributed by atoms with Crippen molar-refractivity contribution in [2.75, 3.05) is 6.79 Å². The van der Waals surface area contributed by atoms with Crippen LogP contribution in [0.15, 0.2) is 48.5 Å². The van der Waals surface area contributed by atoms with Crippen LogP contribution in [0.2, 0.25) is 5.02 Å². The summed E-state index contributed by atoms with van der Waals surface area (Å²) in [7, 11) is 1.89. The number of amides is 1. The molecule has 28 heavy (non-hydrogen) atoms. The fraction of sp³-hybridized carbons (Fsp3) is 0.238. The van der Waals surface area contributed by atoms with E-state index in [0.717, 1.165) is 17.0 Å². The number of hydrogen-bond donors (Lipinski definition) is 0. The molecule has 0 spiro atoms. The quantitative estimate of drug-likeness (QED) is 0.654. The Bertz CT molecular complexity index is 1010.